The van der Waals surface area contributed by atoms with E-state index in [1.807, 2.05) is 13.8 Å². The lowest BCUT2D eigenvalue weighted by Crippen LogP contribution is -2.60. The summed E-state index contributed by atoms with van der Waals surface area (Å²) in [6.07, 6.45) is -0.0680. The second-order valence-electron chi connectivity index (χ2n) is 5.59. The quantitative estimate of drug-likeness (QED) is 0.521. The number of methoxy groups -OCH3 is 1. The maximum atomic E-state index is 6.39. The first-order chi connectivity index (χ1) is 7.92. The van der Waals surface area contributed by atoms with E-state index in [2.05, 4.69) is 0 Å². The third-order valence-corrected chi connectivity index (χ3v) is 4.80. The van der Waals surface area contributed by atoms with E-state index in [0.717, 1.165) is 6.42 Å². The highest BCUT2D eigenvalue weighted by Crippen LogP contribution is 2.70. The highest BCUT2D eigenvalue weighted by Gasteiger charge is 2.87. The van der Waals surface area contributed by atoms with Crippen molar-refractivity contribution in [1.29, 1.82) is 0 Å². The van der Waals surface area contributed by atoms with Crippen molar-refractivity contribution >= 4 is 11.6 Å². The van der Waals surface area contributed by atoms with Gasteiger partial charge in [0.2, 0.25) is 0 Å². The molecular formula is C11H15ClO5. The number of rotatable bonds is 1. The second-order valence-corrected chi connectivity index (χ2v) is 6.15. The molecule has 0 amide bonds. The Labute approximate surface area is 104 Å². The summed E-state index contributed by atoms with van der Waals surface area (Å²) in [4.78, 5) is 0. The average Bonchev–Trinajstić information content (AvgIpc) is 2.58. The maximum Gasteiger partial charge on any atom is 0.199 e. The van der Waals surface area contributed by atoms with E-state index in [0.29, 0.717) is 0 Å². The van der Waals surface area contributed by atoms with Crippen molar-refractivity contribution < 1.29 is 23.7 Å². The first-order valence-corrected chi connectivity index (χ1v) is 6.23. The third-order valence-electron chi connectivity index (χ3n) is 4.15. The van der Waals surface area contributed by atoms with Crippen molar-refractivity contribution in [2.75, 3.05) is 7.11 Å². The molecule has 96 valence electrons. The van der Waals surface area contributed by atoms with Gasteiger partial charge in [0.25, 0.3) is 0 Å². The Morgan fingerprint density at radius 2 is 1.94 bits per heavy atom. The molecular weight excluding hydrogens is 248 g/mol. The van der Waals surface area contributed by atoms with Crippen molar-refractivity contribution in [3.05, 3.63) is 0 Å². The summed E-state index contributed by atoms with van der Waals surface area (Å²) < 4.78 is 28.5. The standard InChI is InChI=1S/C11H15ClO5/c1-9(2)15-6-7(16-9)10(17-8(6)13-3)4-5-11(10,12)14-5/h5-8H,4H2,1-3H3/t5?,6?,7?,8?,10-,11?/m0/s1. The van der Waals surface area contributed by atoms with Crippen LogP contribution < -0.4 is 0 Å². The molecule has 5 unspecified atom stereocenters. The summed E-state index contributed by atoms with van der Waals surface area (Å²) in [5.41, 5.74) is -0.613. The first-order valence-electron chi connectivity index (χ1n) is 5.85. The fourth-order valence-electron chi connectivity index (χ4n) is 3.31. The molecule has 4 aliphatic rings. The SMILES string of the molecule is COC1O[C@@]2(CC3OC32Cl)C2OC(C)(C)OC12. The highest BCUT2D eigenvalue weighted by molar-refractivity contribution is 6.27. The smallest absolute Gasteiger partial charge is 0.199 e. The Bertz CT molecular complexity index is 388. The van der Waals surface area contributed by atoms with Crippen LogP contribution in [0.25, 0.3) is 0 Å². The van der Waals surface area contributed by atoms with E-state index in [-0.39, 0.29) is 18.3 Å². The first kappa shape index (κ1) is 11.0. The molecule has 3 heterocycles. The van der Waals surface area contributed by atoms with Crippen LogP contribution >= 0.6 is 11.6 Å². The number of hydrogen-bond donors (Lipinski definition) is 0. The number of hydrogen-bond acceptors (Lipinski definition) is 5. The van der Waals surface area contributed by atoms with Crippen molar-refractivity contribution in [3.8, 4) is 0 Å². The molecule has 4 rings (SSSR count). The van der Waals surface area contributed by atoms with Crippen molar-refractivity contribution in [2.45, 2.75) is 61.3 Å². The fourth-order valence-corrected chi connectivity index (χ4v) is 3.73. The molecule has 4 fully saturated rings. The van der Waals surface area contributed by atoms with Gasteiger partial charge < -0.3 is 23.7 Å². The molecule has 0 aromatic carbocycles. The zero-order valence-electron chi connectivity index (χ0n) is 9.94. The van der Waals surface area contributed by atoms with Gasteiger partial charge in [0.1, 0.15) is 23.9 Å². The summed E-state index contributed by atoms with van der Waals surface area (Å²) in [5.74, 6) is -0.629. The lowest BCUT2D eigenvalue weighted by atomic mass is 9.75. The fraction of sp³-hybridized carbons (Fsp3) is 1.00. The maximum absolute atomic E-state index is 6.39. The summed E-state index contributed by atoms with van der Waals surface area (Å²) in [5, 5.41) is -0.729. The third kappa shape index (κ3) is 1.09. The van der Waals surface area contributed by atoms with Crippen molar-refractivity contribution in [2.24, 2.45) is 0 Å². The molecule has 6 heteroatoms. The molecule has 3 aliphatic heterocycles. The molecule has 1 saturated carbocycles. The molecule has 0 radical (unpaired) electrons. The Kier molecular flexibility index (Phi) is 1.81. The van der Waals surface area contributed by atoms with Gasteiger partial charge >= 0.3 is 0 Å². The average molecular weight is 263 g/mol. The minimum atomic E-state index is -0.729. The van der Waals surface area contributed by atoms with Crippen LogP contribution in [-0.4, -0.2) is 48.2 Å². The topological polar surface area (TPSA) is 49.5 Å². The van der Waals surface area contributed by atoms with E-state index < -0.39 is 22.7 Å². The van der Waals surface area contributed by atoms with Gasteiger partial charge in [-0.1, -0.05) is 11.6 Å². The lowest BCUT2D eigenvalue weighted by molar-refractivity contribution is -0.263. The van der Waals surface area contributed by atoms with E-state index in [1.54, 1.807) is 7.11 Å². The minimum Gasteiger partial charge on any atom is -0.353 e. The molecule has 0 aromatic heterocycles. The van der Waals surface area contributed by atoms with Crippen LogP contribution in [0.5, 0.6) is 0 Å². The zero-order valence-corrected chi connectivity index (χ0v) is 10.7. The number of ether oxygens (including phenoxy) is 5. The van der Waals surface area contributed by atoms with Crippen LogP contribution in [0.15, 0.2) is 0 Å². The van der Waals surface area contributed by atoms with Gasteiger partial charge in [-0.2, -0.15) is 0 Å². The molecule has 3 saturated heterocycles. The normalized spacial score (nSPS) is 62.1. The lowest BCUT2D eigenvalue weighted by Gasteiger charge is -2.41. The predicted molar refractivity (Wildman–Crippen MR) is 56.5 cm³/mol. The van der Waals surface area contributed by atoms with Gasteiger partial charge in [-0.05, 0) is 13.8 Å². The predicted octanol–water partition coefficient (Wildman–Crippen LogP) is 0.986. The summed E-state index contributed by atoms with van der Waals surface area (Å²) in [6.45, 7) is 3.77. The van der Waals surface area contributed by atoms with Crippen LogP contribution in [0.4, 0.5) is 0 Å². The molecule has 0 bridgehead atoms. The molecule has 0 aromatic rings. The summed E-state index contributed by atoms with van der Waals surface area (Å²) >= 11 is 6.39. The van der Waals surface area contributed by atoms with Gasteiger partial charge in [0.15, 0.2) is 17.1 Å². The molecule has 1 spiro atoms. The molecule has 6 atom stereocenters. The molecule has 1 aliphatic carbocycles. The van der Waals surface area contributed by atoms with Gasteiger partial charge in [0.05, 0.1) is 0 Å². The minimum absolute atomic E-state index is 0.0905. The Balaban J connectivity index is 1.70. The van der Waals surface area contributed by atoms with Gasteiger partial charge in [-0.15, -0.1) is 0 Å². The van der Waals surface area contributed by atoms with E-state index >= 15 is 0 Å². The van der Waals surface area contributed by atoms with E-state index in [1.165, 1.54) is 0 Å². The van der Waals surface area contributed by atoms with Crippen molar-refractivity contribution in [1.82, 2.24) is 0 Å². The number of alkyl halides is 1. The molecule has 0 N–H and O–H groups in total. The monoisotopic (exact) mass is 262 g/mol. The van der Waals surface area contributed by atoms with Gasteiger partial charge in [-0.25, -0.2) is 0 Å². The largest absolute Gasteiger partial charge is 0.353 e. The molecule has 5 nitrogen and oxygen atoms in total. The van der Waals surface area contributed by atoms with E-state index in [9.17, 15) is 0 Å². The van der Waals surface area contributed by atoms with Crippen LogP contribution in [0.3, 0.4) is 0 Å². The van der Waals surface area contributed by atoms with Crippen LogP contribution in [-0.2, 0) is 23.7 Å². The van der Waals surface area contributed by atoms with E-state index in [4.69, 9.17) is 35.3 Å². The summed E-state index contributed by atoms with van der Waals surface area (Å²) in [6, 6.07) is 0. The van der Waals surface area contributed by atoms with Crippen LogP contribution in [0, 0.1) is 0 Å². The Hall–Kier alpha value is 0.0900. The number of halogens is 1. The Morgan fingerprint density at radius 1 is 1.18 bits per heavy atom. The van der Waals surface area contributed by atoms with Gasteiger partial charge in [0, 0.05) is 13.5 Å². The van der Waals surface area contributed by atoms with Crippen LogP contribution in [0.2, 0.25) is 0 Å². The molecule has 17 heavy (non-hydrogen) atoms. The van der Waals surface area contributed by atoms with Crippen molar-refractivity contribution in [3.63, 3.8) is 0 Å². The van der Waals surface area contributed by atoms with Crippen LogP contribution in [0.1, 0.15) is 20.3 Å². The highest BCUT2D eigenvalue weighted by atomic mass is 35.5. The van der Waals surface area contributed by atoms with Gasteiger partial charge in [-0.3, -0.25) is 0 Å². The summed E-state index contributed by atoms with van der Waals surface area (Å²) in [7, 11) is 1.60. The number of fused-ring (bicyclic) bond motifs is 4. The number of epoxide rings is 1. The zero-order chi connectivity index (χ0) is 12.1. The Morgan fingerprint density at radius 3 is 2.47 bits per heavy atom. The second kappa shape index (κ2) is 2.81.